The van der Waals surface area contributed by atoms with Gasteiger partial charge in [-0.2, -0.15) is 0 Å². The van der Waals surface area contributed by atoms with Crippen LogP contribution in [-0.2, 0) is 16.1 Å². The zero-order valence-corrected chi connectivity index (χ0v) is 11.2. The molecule has 0 aromatic heterocycles. The van der Waals surface area contributed by atoms with Gasteiger partial charge in [-0.15, -0.1) is 0 Å². The molecule has 1 aromatic rings. The molecule has 1 aromatic carbocycles. The minimum Gasteiger partial charge on any atom is -0.389 e. The molecule has 1 aliphatic rings. The van der Waals surface area contributed by atoms with Crippen LogP contribution in [0.15, 0.2) is 18.2 Å². The maximum atomic E-state index is 13.7. The van der Waals surface area contributed by atoms with Gasteiger partial charge in [-0.25, -0.2) is 9.18 Å². The smallest absolute Gasteiger partial charge is 0.334 e. The summed E-state index contributed by atoms with van der Waals surface area (Å²) < 4.78 is 13.7. The van der Waals surface area contributed by atoms with Crippen LogP contribution in [0.4, 0.5) is 9.18 Å². The van der Waals surface area contributed by atoms with Crippen molar-refractivity contribution < 1.29 is 18.8 Å². The number of nitrogens with two attached hydrogens (primary N) is 1. The number of hydrogen-bond donors (Lipinski definition) is 1. The van der Waals surface area contributed by atoms with Gasteiger partial charge in [0.2, 0.25) is 0 Å². The van der Waals surface area contributed by atoms with Crippen LogP contribution in [0.25, 0.3) is 0 Å². The van der Waals surface area contributed by atoms with Gasteiger partial charge in [0.1, 0.15) is 10.8 Å². The first-order valence-corrected chi connectivity index (χ1v) is 5.95. The summed E-state index contributed by atoms with van der Waals surface area (Å²) in [5.41, 5.74) is 5.91. The Morgan fingerprint density at radius 1 is 1.30 bits per heavy atom. The van der Waals surface area contributed by atoms with Crippen molar-refractivity contribution in [2.75, 3.05) is 7.05 Å². The van der Waals surface area contributed by atoms with Crippen molar-refractivity contribution in [2.24, 2.45) is 5.73 Å². The minimum atomic E-state index is -0.988. The number of benzene rings is 1. The summed E-state index contributed by atoms with van der Waals surface area (Å²) in [7, 11) is 1.18. The number of imide groups is 2. The highest BCUT2D eigenvalue weighted by atomic mass is 32.1. The third-order valence-electron chi connectivity index (χ3n) is 2.91. The quantitative estimate of drug-likeness (QED) is 0.495. The van der Waals surface area contributed by atoms with Crippen LogP contribution in [0.1, 0.15) is 11.1 Å². The molecule has 1 fully saturated rings. The van der Waals surface area contributed by atoms with Gasteiger partial charge in [0.05, 0.1) is 6.54 Å². The fourth-order valence-electron chi connectivity index (χ4n) is 1.77. The molecule has 1 heterocycles. The average molecular weight is 295 g/mol. The first-order valence-electron chi connectivity index (χ1n) is 5.54. The number of amides is 4. The number of rotatable bonds is 3. The van der Waals surface area contributed by atoms with E-state index in [1.54, 1.807) is 0 Å². The lowest BCUT2D eigenvalue weighted by molar-refractivity contribution is -0.143. The molecular formula is C12H10FN3O3S. The molecule has 0 bridgehead atoms. The van der Waals surface area contributed by atoms with Gasteiger partial charge in [-0.05, 0) is 18.2 Å². The van der Waals surface area contributed by atoms with Gasteiger partial charge in [0.25, 0.3) is 0 Å². The lowest BCUT2D eigenvalue weighted by atomic mass is 10.1. The van der Waals surface area contributed by atoms with E-state index in [0.717, 1.165) is 6.07 Å². The molecule has 20 heavy (non-hydrogen) atoms. The Bertz CT molecular complexity index is 647. The fraction of sp³-hybridized carbons (Fsp3) is 0.167. The number of thiocarbonyl (C=S) groups is 1. The number of halogens is 1. The van der Waals surface area contributed by atoms with Gasteiger partial charge >= 0.3 is 17.8 Å². The molecule has 2 rings (SSSR count). The maximum Gasteiger partial charge on any atom is 0.334 e. The number of nitrogens with zero attached hydrogens (tertiary/aromatic N) is 2. The largest absolute Gasteiger partial charge is 0.389 e. The van der Waals surface area contributed by atoms with Crippen LogP contribution in [0.2, 0.25) is 0 Å². The molecule has 0 saturated carbocycles. The summed E-state index contributed by atoms with van der Waals surface area (Å²) in [6.45, 7) is -0.351. The molecule has 0 unspecified atom stereocenters. The lowest BCUT2D eigenvalue weighted by Crippen LogP contribution is -2.31. The standard InChI is InChI=1S/C12H10FN3O3S/c1-15-10(17)11(18)16(12(15)19)5-7-4-6(9(14)20)2-3-8(7)13/h2-4H,5H2,1H3,(H2,14,20). The second-order valence-electron chi connectivity index (χ2n) is 4.21. The van der Waals surface area contributed by atoms with E-state index in [-0.39, 0.29) is 17.1 Å². The van der Waals surface area contributed by atoms with Crippen molar-refractivity contribution >= 4 is 35.1 Å². The van der Waals surface area contributed by atoms with Crippen LogP contribution in [-0.4, -0.2) is 39.7 Å². The van der Waals surface area contributed by atoms with E-state index in [4.69, 9.17) is 18.0 Å². The molecule has 8 heteroatoms. The van der Waals surface area contributed by atoms with E-state index in [0.29, 0.717) is 15.4 Å². The molecular weight excluding hydrogens is 285 g/mol. The predicted octanol–water partition coefficient (Wildman–Crippen LogP) is 0.380. The molecule has 4 amide bonds. The predicted molar refractivity (Wildman–Crippen MR) is 71.0 cm³/mol. The van der Waals surface area contributed by atoms with E-state index < -0.39 is 23.7 Å². The van der Waals surface area contributed by atoms with E-state index in [9.17, 15) is 18.8 Å². The Balaban J connectivity index is 2.33. The van der Waals surface area contributed by atoms with Crippen molar-refractivity contribution in [2.45, 2.75) is 6.54 Å². The van der Waals surface area contributed by atoms with E-state index in [2.05, 4.69) is 0 Å². The zero-order valence-electron chi connectivity index (χ0n) is 10.4. The Morgan fingerprint density at radius 3 is 2.45 bits per heavy atom. The first kappa shape index (κ1) is 14.1. The summed E-state index contributed by atoms with van der Waals surface area (Å²) in [5, 5.41) is 0. The second-order valence-corrected chi connectivity index (χ2v) is 4.65. The molecule has 0 spiro atoms. The highest BCUT2D eigenvalue weighted by Gasteiger charge is 2.42. The van der Waals surface area contributed by atoms with Crippen molar-refractivity contribution in [1.29, 1.82) is 0 Å². The Kier molecular flexibility index (Phi) is 3.49. The Hall–Kier alpha value is -2.35. The molecule has 0 atom stereocenters. The molecule has 0 aliphatic carbocycles. The van der Waals surface area contributed by atoms with Crippen molar-refractivity contribution in [3.8, 4) is 0 Å². The Morgan fingerprint density at radius 2 is 1.95 bits per heavy atom. The van der Waals surface area contributed by atoms with Gasteiger partial charge < -0.3 is 5.73 Å². The first-order chi connectivity index (χ1) is 9.32. The number of likely N-dealkylation sites (N-methyl/N-ethyl adjacent to an activating group) is 1. The van der Waals surface area contributed by atoms with Gasteiger partial charge in [0.15, 0.2) is 0 Å². The molecule has 2 N–H and O–H groups in total. The number of urea groups is 1. The number of hydrogen-bond acceptors (Lipinski definition) is 4. The van der Waals surface area contributed by atoms with Crippen molar-refractivity contribution in [1.82, 2.24) is 9.80 Å². The van der Waals surface area contributed by atoms with E-state index >= 15 is 0 Å². The van der Waals surface area contributed by atoms with Crippen molar-refractivity contribution in [3.05, 3.63) is 35.1 Å². The second kappa shape index (κ2) is 4.97. The average Bonchev–Trinajstić information content (AvgIpc) is 2.58. The molecule has 6 nitrogen and oxygen atoms in total. The monoisotopic (exact) mass is 295 g/mol. The summed E-state index contributed by atoms with van der Waals surface area (Å²) >= 11 is 4.78. The molecule has 0 radical (unpaired) electrons. The highest BCUT2D eigenvalue weighted by Crippen LogP contribution is 2.18. The van der Waals surface area contributed by atoms with Crippen LogP contribution >= 0.6 is 12.2 Å². The van der Waals surface area contributed by atoms with Gasteiger partial charge in [-0.3, -0.25) is 19.4 Å². The zero-order chi connectivity index (χ0) is 15.0. The summed E-state index contributed by atoms with van der Waals surface area (Å²) in [6.07, 6.45) is 0. The van der Waals surface area contributed by atoms with Crippen LogP contribution in [0, 0.1) is 5.82 Å². The number of carbonyl (C=O) groups is 3. The third kappa shape index (κ3) is 2.25. The summed E-state index contributed by atoms with van der Waals surface area (Å²) in [4.78, 5) is 36.1. The van der Waals surface area contributed by atoms with E-state index in [1.165, 1.54) is 19.2 Å². The minimum absolute atomic E-state index is 0.0556. The maximum absolute atomic E-state index is 13.7. The molecule has 104 valence electrons. The third-order valence-corrected chi connectivity index (χ3v) is 3.14. The van der Waals surface area contributed by atoms with E-state index in [1.807, 2.05) is 0 Å². The number of carbonyl (C=O) groups excluding carboxylic acids is 3. The van der Waals surface area contributed by atoms with Crippen LogP contribution < -0.4 is 5.73 Å². The van der Waals surface area contributed by atoms with Crippen molar-refractivity contribution in [3.63, 3.8) is 0 Å². The topological polar surface area (TPSA) is 83.7 Å². The fourth-order valence-corrected chi connectivity index (χ4v) is 1.90. The van der Waals surface area contributed by atoms with Crippen LogP contribution in [0.3, 0.4) is 0 Å². The summed E-state index contributed by atoms with van der Waals surface area (Å²) in [6, 6.07) is 3.09. The SMILES string of the molecule is CN1C(=O)C(=O)N(Cc2cc(C(N)=S)ccc2F)C1=O. The molecule has 1 saturated heterocycles. The van der Waals surface area contributed by atoms with Crippen LogP contribution in [0.5, 0.6) is 0 Å². The summed E-state index contributed by atoms with van der Waals surface area (Å²) in [5.74, 6) is -2.55. The van der Waals surface area contributed by atoms with Gasteiger partial charge in [0, 0.05) is 18.2 Å². The van der Waals surface area contributed by atoms with Gasteiger partial charge in [-0.1, -0.05) is 12.2 Å². The Labute approximate surface area is 118 Å². The highest BCUT2D eigenvalue weighted by molar-refractivity contribution is 7.80. The normalized spacial score (nSPS) is 15.2. The lowest BCUT2D eigenvalue weighted by Gasteiger charge is -2.14. The molecule has 1 aliphatic heterocycles.